The highest BCUT2D eigenvalue weighted by Crippen LogP contribution is 2.19. The second kappa shape index (κ2) is 11.0. The fourth-order valence-corrected chi connectivity index (χ4v) is 2.44. The predicted octanol–water partition coefficient (Wildman–Crippen LogP) is 4.55. The van der Waals surface area contributed by atoms with Gasteiger partial charge in [0.25, 0.3) is 0 Å². The minimum Gasteiger partial charge on any atom is -0.491 e. The Bertz CT molecular complexity index is 787. The molecule has 0 aliphatic rings. The first-order valence-electron chi connectivity index (χ1n) is 8.28. The van der Waals surface area contributed by atoms with Crippen LogP contribution in [0.5, 0.6) is 5.75 Å². The Labute approximate surface area is 174 Å². The standard InChI is InChI=1S/C19H22F3N3O.HI/c1-4-26-18-8-5-13(9-17(18)22)11-24-19(23-3)25-12(2)15-7-6-14(20)10-16(15)21;/h5-10,12H,4,11H2,1-3H3,(H2,23,24,25);1H. The van der Waals surface area contributed by atoms with Crippen molar-refractivity contribution in [3.05, 3.63) is 65.0 Å². The molecule has 2 aromatic rings. The largest absolute Gasteiger partial charge is 0.491 e. The van der Waals surface area contributed by atoms with Crippen molar-refractivity contribution in [3.63, 3.8) is 0 Å². The van der Waals surface area contributed by atoms with Crippen LogP contribution < -0.4 is 15.4 Å². The minimum absolute atomic E-state index is 0. The van der Waals surface area contributed by atoms with Gasteiger partial charge in [-0.3, -0.25) is 4.99 Å². The van der Waals surface area contributed by atoms with E-state index < -0.39 is 23.5 Å². The topological polar surface area (TPSA) is 45.6 Å². The fourth-order valence-electron chi connectivity index (χ4n) is 2.44. The van der Waals surface area contributed by atoms with Crippen LogP contribution in [0.3, 0.4) is 0 Å². The van der Waals surface area contributed by atoms with Crippen LogP contribution >= 0.6 is 24.0 Å². The molecule has 0 amide bonds. The van der Waals surface area contributed by atoms with Crippen LogP contribution in [0, 0.1) is 17.5 Å². The van der Waals surface area contributed by atoms with E-state index in [4.69, 9.17) is 4.74 Å². The van der Waals surface area contributed by atoms with Gasteiger partial charge in [-0.2, -0.15) is 0 Å². The second-order valence-corrected chi connectivity index (χ2v) is 5.66. The van der Waals surface area contributed by atoms with Crippen molar-refractivity contribution in [1.82, 2.24) is 10.6 Å². The lowest BCUT2D eigenvalue weighted by atomic mass is 10.1. The van der Waals surface area contributed by atoms with Gasteiger partial charge in [0.05, 0.1) is 12.6 Å². The van der Waals surface area contributed by atoms with E-state index in [2.05, 4.69) is 15.6 Å². The zero-order valence-corrected chi connectivity index (χ0v) is 17.7. The Balaban J connectivity index is 0.00000364. The molecule has 4 nitrogen and oxygen atoms in total. The third kappa shape index (κ3) is 6.60. The van der Waals surface area contributed by atoms with Crippen LogP contribution in [0.4, 0.5) is 13.2 Å². The molecule has 0 fully saturated rings. The molecular formula is C19H23F3IN3O. The Morgan fingerprint density at radius 2 is 1.85 bits per heavy atom. The number of hydrogen-bond donors (Lipinski definition) is 2. The minimum atomic E-state index is -0.631. The van der Waals surface area contributed by atoms with Crippen LogP contribution in [0.15, 0.2) is 41.4 Å². The van der Waals surface area contributed by atoms with E-state index in [0.29, 0.717) is 30.2 Å². The summed E-state index contributed by atoms with van der Waals surface area (Å²) in [5.41, 5.74) is 1.02. The molecule has 8 heteroatoms. The maximum atomic E-state index is 13.9. The Morgan fingerprint density at radius 1 is 1.11 bits per heavy atom. The number of nitrogens with one attached hydrogen (secondary N) is 2. The SMILES string of the molecule is CCOc1ccc(CNC(=NC)NC(C)c2ccc(F)cc2F)cc1F.I. The first-order valence-corrected chi connectivity index (χ1v) is 8.28. The predicted molar refractivity (Wildman–Crippen MR) is 111 cm³/mol. The van der Waals surface area contributed by atoms with Gasteiger partial charge in [-0.15, -0.1) is 24.0 Å². The molecule has 0 saturated heterocycles. The van der Waals surface area contributed by atoms with Gasteiger partial charge in [0.2, 0.25) is 0 Å². The molecule has 2 aromatic carbocycles. The van der Waals surface area contributed by atoms with Crippen LogP contribution in [0.1, 0.15) is 31.0 Å². The summed E-state index contributed by atoms with van der Waals surface area (Å²) in [5, 5.41) is 6.05. The molecule has 1 unspecified atom stereocenters. The molecule has 148 valence electrons. The van der Waals surface area contributed by atoms with E-state index in [1.807, 2.05) is 0 Å². The smallest absolute Gasteiger partial charge is 0.191 e. The Hall–Kier alpha value is -1.97. The first kappa shape index (κ1) is 23.1. The lowest BCUT2D eigenvalue weighted by molar-refractivity contribution is 0.321. The third-order valence-corrected chi connectivity index (χ3v) is 3.76. The number of benzene rings is 2. The van der Waals surface area contributed by atoms with Gasteiger partial charge in [0.15, 0.2) is 17.5 Å². The highest BCUT2D eigenvalue weighted by molar-refractivity contribution is 14.0. The van der Waals surface area contributed by atoms with E-state index in [1.54, 1.807) is 33.0 Å². The van der Waals surface area contributed by atoms with E-state index >= 15 is 0 Å². The molecule has 1 atom stereocenters. The number of guanidine groups is 1. The molecule has 0 saturated carbocycles. The number of halogens is 4. The van der Waals surface area contributed by atoms with Crippen molar-refractivity contribution in [2.24, 2.45) is 4.99 Å². The normalized spacial score (nSPS) is 12.1. The molecule has 0 radical (unpaired) electrons. The maximum Gasteiger partial charge on any atom is 0.191 e. The Kier molecular flexibility index (Phi) is 9.40. The van der Waals surface area contributed by atoms with E-state index in [1.165, 1.54) is 18.2 Å². The quantitative estimate of drug-likeness (QED) is 0.353. The molecule has 0 aromatic heterocycles. The average Bonchev–Trinajstić information content (AvgIpc) is 2.60. The number of hydrogen-bond acceptors (Lipinski definition) is 2. The monoisotopic (exact) mass is 493 g/mol. The molecule has 0 spiro atoms. The summed E-state index contributed by atoms with van der Waals surface area (Å²) in [5.74, 6) is -1.07. The van der Waals surface area contributed by atoms with Gasteiger partial charge in [0.1, 0.15) is 11.6 Å². The fraction of sp³-hybridized carbons (Fsp3) is 0.316. The molecule has 2 rings (SSSR count). The summed E-state index contributed by atoms with van der Waals surface area (Å²) < 4.78 is 45.9. The summed E-state index contributed by atoms with van der Waals surface area (Å²) in [6, 6.07) is 7.70. The van der Waals surface area contributed by atoms with Crippen LogP contribution in [0.25, 0.3) is 0 Å². The van der Waals surface area contributed by atoms with Gasteiger partial charge >= 0.3 is 0 Å². The Morgan fingerprint density at radius 3 is 2.44 bits per heavy atom. The zero-order chi connectivity index (χ0) is 19.1. The van der Waals surface area contributed by atoms with Gasteiger partial charge in [-0.25, -0.2) is 13.2 Å². The summed E-state index contributed by atoms with van der Waals surface area (Å²) in [4.78, 5) is 4.06. The maximum absolute atomic E-state index is 13.9. The van der Waals surface area contributed by atoms with Crippen LogP contribution in [-0.4, -0.2) is 19.6 Å². The molecule has 0 aliphatic heterocycles. The van der Waals surface area contributed by atoms with Crippen LogP contribution in [0.2, 0.25) is 0 Å². The van der Waals surface area contributed by atoms with Crippen LogP contribution in [-0.2, 0) is 6.54 Å². The van der Waals surface area contributed by atoms with Crippen molar-refractivity contribution in [2.45, 2.75) is 26.4 Å². The molecule has 0 heterocycles. The van der Waals surface area contributed by atoms with Crippen molar-refractivity contribution >= 4 is 29.9 Å². The molecular weight excluding hydrogens is 470 g/mol. The number of aliphatic imine (C=N–C) groups is 1. The second-order valence-electron chi connectivity index (χ2n) is 5.66. The van der Waals surface area contributed by atoms with Gasteiger partial charge in [-0.1, -0.05) is 12.1 Å². The molecule has 0 bridgehead atoms. The van der Waals surface area contributed by atoms with Crippen molar-refractivity contribution in [3.8, 4) is 5.75 Å². The van der Waals surface area contributed by atoms with E-state index in [0.717, 1.165) is 6.07 Å². The number of ether oxygens (including phenoxy) is 1. The lowest BCUT2D eigenvalue weighted by Gasteiger charge is -2.19. The average molecular weight is 493 g/mol. The van der Waals surface area contributed by atoms with E-state index in [9.17, 15) is 13.2 Å². The summed E-state index contributed by atoms with van der Waals surface area (Å²) in [6.07, 6.45) is 0. The first-order chi connectivity index (χ1) is 12.4. The van der Waals surface area contributed by atoms with E-state index in [-0.39, 0.29) is 29.7 Å². The van der Waals surface area contributed by atoms with Crippen molar-refractivity contribution in [1.29, 1.82) is 0 Å². The van der Waals surface area contributed by atoms with Gasteiger partial charge in [-0.05, 0) is 37.6 Å². The van der Waals surface area contributed by atoms with Crippen molar-refractivity contribution in [2.75, 3.05) is 13.7 Å². The van der Waals surface area contributed by atoms with Gasteiger partial charge < -0.3 is 15.4 Å². The molecule has 0 aliphatic carbocycles. The highest BCUT2D eigenvalue weighted by atomic mass is 127. The summed E-state index contributed by atoms with van der Waals surface area (Å²) >= 11 is 0. The number of nitrogens with zero attached hydrogens (tertiary/aromatic N) is 1. The zero-order valence-electron chi connectivity index (χ0n) is 15.4. The highest BCUT2D eigenvalue weighted by Gasteiger charge is 2.13. The third-order valence-electron chi connectivity index (χ3n) is 3.76. The number of rotatable bonds is 6. The van der Waals surface area contributed by atoms with Crippen molar-refractivity contribution < 1.29 is 17.9 Å². The summed E-state index contributed by atoms with van der Waals surface area (Å²) in [6.45, 7) is 4.24. The molecule has 2 N–H and O–H groups in total. The molecule has 27 heavy (non-hydrogen) atoms. The lowest BCUT2D eigenvalue weighted by Crippen LogP contribution is -2.38. The van der Waals surface area contributed by atoms with Gasteiger partial charge in [0, 0.05) is 25.2 Å². The summed E-state index contributed by atoms with van der Waals surface area (Å²) in [7, 11) is 1.57.